The Hall–Kier alpha value is -0.610. The lowest BCUT2D eigenvalue weighted by atomic mass is 10.1. The Bertz CT molecular complexity index is 168. The molecule has 1 aliphatic carbocycles. The van der Waals surface area contributed by atoms with Gasteiger partial charge in [-0.05, 0) is 19.3 Å². The maximum absolute atomic E-state index is 10.4. The van der Waals surface area contributed by atoms with Crippen LogP contribution < -0.4 is 5.32 Å². The fraction of sp³-hybridized carbons (Fsp3) is 0.875. The van der Waals surface area contributed by atoms with Gasteiger partial charge in [0, 0.05) is 12.1 Å². The Morgan fingerprint density at radius 2 is 2.25 bits per heavy atom. The van der Waals surface area contributed by atoms with Crippen molar-refractivity contribution in [3.8, 4) is 0 Å². The number of aliphatic hydroxyl groups is 1. The van der Waals surface area contributed by atoms with Crippen LogP contribution in [-0.4, -0.2) is 34.4 Å². The van der Waals surface area contributed by atoms with Gasteiger partial charge in [0.15, 0.2) is 6.10 Å². The third-order valence-electron chi connectivity index (χ3n) is 2.10. The number of hydrogen-bond acceptors (Lipinski definition) is 3. The van der Waals surface area contributed by atoms with E-state index in [0.717, 1.165) is 12.8 Å². The third-order valence-corrected chi connectivity index (χ3v) is 2.10. The summed E-state index contributed by atoms with van der Waals surface area (Å²) in [6.45, 7) is 1.87. The predicted molar refractivity (Wildman–Crippen MR) is 43.9 cm³/mol. The zero-order valence-corrected chi connectivity index (χ0v) is 7.16. The van der Waals surface area contributed by atoms with Gasteiger partial charge < -0.3 is 15.5 Å². The maximum Gasteiger partial charge on any atom is 0.334 e. The molecule has 0 amide bonds. The standard InChI is InChI=1S/C8H15NO3/c1-2-6(7(10)8(11)12)9-5-3-4-5/h5-7,9-10H,2-4H2,1H3,(H,11,12)/t6-,7-/m0/s1. The third kappa shape index (κ3) is 2.46. The molecule has 0 radical (unpaired) electrons. The van der Waals surface area contributed by atoms with Crippen molar-refractivity contribution in [2.75, 3.05) is 0 Å². The Kier molecular flexibility index (Phi) is 3.05. The van der Waals surface area contributed by atoms with E-state index in [1.54, 1.807) is 0 Å². The van der Waals surface area contributed by atoms with Crippen molar-refractivity contribution in [2.24, 2.45) is 0 Å². The van der Waals surface area contributed by atoms with Crippen LogP contribution in [0.4, 0.5) is 0 Å². The summed E-state index contributed by atoms with van der Waals surface area (Å²) in [5.74, 6) is -1.14. The SMILES string of the molecule is CC[C@H](NC1CC1)[C@H](O)C(=O)O. The van der Waals surface area contributed by atoms with Gasteiger partial charge in [0.1, 0.15) is 0 Å². The number of nitrogens with one attached hydrogen (secondary N) is 1. The molecule has 1 saturated carbocycles. The summed E-state index contributed by atoms with van der Waals surface area (Å²) < 4.78 is 0. The van der Waals surface area contributed by atoms with Gasteiger partial charge in [-0.3, -0.25) is 0 Å². The van der Waals surface area contributed by atoms with Crippen molar-refractivity contribution in [3.63, 3.8) is 0 Å². The first kappa shape index (κ1) is 9.48. The molecule has 4 nitrogen and oxygen atoms in total. The zero-order chi connectivity index (χ0) is 9.14. The molecule has 3 N–H and O–H groups in total. The van der Waals surface area contributed by atoms with Crippen molar-refractivity contribution < 1.29 is 15.0 Å². The minimum absolute atomic E-state index is 0.296. The summed E-state index contributed by atoms with van der Waals surface area (Å²) in [5.41, 5.74) is 0. The molecule has 12 heavy (non-hydrogen) atoms. The van der Waals surface area contributed by atoms with Gasteiger partial charge in [0.25, 0.3) is 0 Å². The average molecular weight is 173 g/mol. The molecule has 1 rings (SSSR count). The van der Waals surface area contributed by atoms with Crippen LogP contribution in [0.5, 0.6) is 0 Å². The predicted octanol–water partition coefficient (Wildman–Crippen LogP) is -0.0375. The first-order valence-corrected chi connectivity index (χ1v) is 4.32. The topological polar surface area (TPSA) is 69.6 Å². The van der Waals surface area contributed by atoms with E-state index >= 15 is 0 Å². The van der Waals surface area contributed by atoms with Crippen molar-refractivity contribution >= 4 is 5.97 Å². The van der Waals surface area contributed by atoms with Crippen LogP contribution in [0.15, 0.2) is 0 Å². The molecule has 0 aromatic carbocycles. The largest absolute Gasteiger partial charge is 0.479 e. The van der Waals surface area contributed by atoms with Crippen molar-refractivity contribution in [1.82, 2.24) is 5.32 Å². The highest BCUT2D eigenvalue weighted by molar-refractivity contribution is 5.72. The molecule has 70 valence electrons. The summed E-state index contributed by atoms with van der Waals surface area (Å²) in [6.07, 6.45) is 1.57. The van der Waals surface area contributed by atoms with E-state index in [1.807, 2.05) is 6.92 Å². The second-order valence-electron chi connectivity index (χ2n) is 3.24. The number of aliphatic hydroxyl groups excluding tert-OH is 1. The molecule has 1 fully saturated rings. The maximum atomic E-state index is 10.4. The van der Waals surface area contributed by atoms with E-state index in [1.165, 1.54) is 0 Å². The van der Waals surface area contributed by atoms with Crippen LogP contribution in [0.25, 0.3) is 0 Å². The molecule has 0 aromatic rings. The van der Waals surface area contributed by atoms with Gasteiger partial charge in [0.2, 0.25) is 0 Å². The smallest absolute Gasteiger partial charge is 0.334 e. The number of carboxylic acid groups (broad SMARTS) is 1. The minimum atomic E-state index is -1.27. The van der Waals surface area contributed by atoms with Crippen LogP contribution in [0.2, 0.25) is 0 Å². The van der Waals surface area contributed by atoms with Crippen LogP contribution in [0.3, 0.4) is 0 Å². The number of rotatable bonds is 5. The van der Waals surface area contributed by atoms with Crippen LogP contribution in [0, 0.1) is 0 Å². The van der Waals surface area contributed by atoms with Gasteiger partial charge in [-0.15, -0.1) is 0 Å². The van der Waals surface area contributed by atoms with Crippen LogP contribution >= 0.6 is 0 Å². The molecule has 0 spiro atoms. The Labute approximate surface area is 71.6 Å². The number of carboxylic acids is 1. The molecule has 0 bridgehead atoms. The van der Waals surface area contributed by atoms with Gasteiger partial charge in [-0.2, -0.15) is 0 Å². The van der Waals surface area contributed by atoms with Crippen molar-refractivity contribution in [2.45, 2.75) is 44.4 Å². The molecular weight excluding hydrogens is 158 g/mol. The molecule has 0 aromatic heterocycles. The lowest BCUT2D eigenvalue weighted by Crippen LogP contribution is -2.44. The lowest BCUT2D eigenvalue weighted by molar-refractivity contribution is -0.148. The van der Waals surface area contributed by atoms with E-state index in [2.05, 4.69) is 5.32 Å². The second kappa shape index (κ2) is 3.87. The quantitative estimate of drug-likeness (QED) is 0.545. The molecule has 1 aliphatic rings. The second-order valence-corrected chi connectivity index (χ2v) is 3.24. The number of carbonyl (C=O) groups is 1. The first-order valence-electron chi connectivity index (χ1n) is 4.32. The molecule has 0 aliphatic heterocycles. The first-order chi connectivity index (χ1) is 5.65. The Morgan fingerprint density at radius 3 is 2.58 bits per heavy atom. The highest BCUT2D eigenvalue weighted by Gasteiger charge is 2.30. The highest BCUT2D eigenvalue weighted by Crippen LogP contribution is 2.20. The van der Waals surface area contributed by atoms with Gasteiger partial charge in [-0.1, -0.05) is 6.92 Å². The fourth-order valence-corrected chi connectivity index (χ4v) is 1.16. The number of hydrogen-bond donors (Lipinski definition) is 3. The molecule has 2 atom stereocenters. The molecular formula is C8H15NO3. The molecule has 0 saturated heterocycles. The van der Waals surface area contributed by atoms with E-state index < -0.39 is 12.1 Å². The van der Waals surface area contributed by atoms with Gasteiger partial charge in [0.05, 0.1) is 0 Å². The van der Waals surface area contributed by atoms with E-state index in [-0.39, 0.29) is 6.04 Å². The Morgan fingerprint density at radius 1 is 1.67 bits per heavy atom. The van der Waals surface area contributed by atoms with Gasteiger partial charge >= 0.3 is 5.97 Å². The normalized spacial score (nSPS) is 21.8. The average Bonchev–Trinajstić information content (AvgIpc) is 2.82. The minimum Gasteiger partial charge on any atom is -0.479 e. The van der Waals surface area contributed by atoms with E-state index in [0.29, 0.717) is 12.5 Å². The fourth-order valence-electron chi connectivity index (χ4n) is 1.16. The molecule has 0 unspecified atom stereocenters. The highest BCUT2D eigenvalue weighted by atomic mass is 16.4. The monoisotopic (exact) mass is 173 g/mol. The summed E-state index contributed by atoms with van der Waals surface area (Å²) in [5, 5.41) is 20.8. The zero-order valence-electron chi connectivity index (χ0n) is 7.16. The summed E-state index contributed by atoms with van der Waals surface area (Å²) in [6, 6.07) is 0.138. The summed E-state index contributed by atoms with van der Waals surface area (Å²) in [4.78, 5) is 10.4. The molecule has 4 heteroatoms. The van der Waals surface area contributed by atoms with Crippen molar-refractivity contribution in [3.05, 3.63) is 0 Å². The van der Waals surface area contributed by atoms with Gasteiger partial charge in [-0.25, -0.2) is 4.79 Å². The van der Waals surface area contributed by atoms with Crippen LogP contribution in [-0.2, 0) is 4.79 Å². The molecule has 0 heterocycles. The van der Waals surface area contributed by atoms with Crippen LogP contribution in [0.1, 0.15) is 26.2 Å². The summed E-state index contributed by atoms with van der Waals surface area (Å²) in [7, 11) is 0. The lowest BCUT2D eigenvalue weighted by Gasteiger charge is -2.19. The van der Waals surface area contributed by atoms with Crippen molar-refractivity contribution in [1.29, 1.82) is 0 Å². The Balaban J connectivity index is 2.36. The summed E-state index contributed by atoms with van der Waals surface area (Å²) >= 11 is 0. The van der Waals surface area contributed by atoms with E-state index in [4.69, 9.17) is 5.11 Å². The number of aliphatic carboxylic acids is 1. The van der Waals surface area contributed by atoms with E-state index in [9.17, 15) is 9.90 Å².